The summed E-state index contributed by atoms with van der Waals surface area (Å²) >= 11 is 4.84. The molecule has 0 aromatic heterocycles. The number of nitrogens with one attached hydrogen (secondary N) is 1. The largest absolute Gasteiger partial charge is 0.389 e. The maximum atomic E-state index is 11.6. The molecule has 0 fully saturated rings. The van der Waals surface area contributed by atoms with Crippen molar-refractivity contribution < 1.29 is 4.79 Å². The molecule has 0 spiro atoms. The molecule has 0 atom stereocenters. The molecule has 0 saturated heterocycles. The zero-order chi connectivity index (χ0) is 11.3. The third kappa shape index (κ3) is 3.32. The number of nitrogens with two attached hydrogens (primary N) is 1. The van der Waals surface area contributed by atoms with Gasteiger partial charge in [0, 0.05) is 17.7 Å². The Hall–Kier alpha value is -1.42. The maximum absolute atomic E-state index is 11.6. The van der Waals surface area contributed by atoms with Gasteiger partial charge in [-0.25, -0.2) is 0 Å². The van der Waals surface area contributed by atoms with Crippen LogP contribution in [-0.4, -0.2) is 17.4 Å². The summed E-state index contributed by atoms with van der Waals surface area (Å²) in [6, 6.07) is 7.01. The van der Waals surface area contributed by atoms with Crippen LogP contribution in [0.5, 0.6) is 0 Å². The van der Waals surface area contributed by atoms with Gasteiger partial charge in [-0.1, -0.05) is 31.3 Å². The molecule has 4 heteroatoms. The number of carbonyl (C=O) groups is 1. The quantitative estimate of drug-likeness (QED) is 0.758. The predicted octanol–water partition coefficient (Wildman–Crippen LogP) is 1.46. The standard InChI is InChI=1S/C11H14N2OS/c1-2-6-13-11(14)9-5-3-4-8(7-9)10(12)15/h3-5,7H,2,6H2,1H3,(H2,12,15)(H,13,14). The van der Waals surface area contributed by atoms with Crippen LogP contribution in [0.1, 0.15) is 29.3 Å². The van der Waals surface area contributed by atoms with Gasteiger partial charge < -0.3 is 11.1 Å². The van der Waals surface area contributed by atoms with E-state index < -0.39 is 0 Å². The summed E-state index contributed by atoms with van der Waals surface area (Å²) in [6.45, 7) is 2.68. The fourth-order valence-corrected chi connectivity index (χ4v) is 1.28. The Kier molecular flexibility index (Phi) is 4.24. The van der Waals surface area contributed by atoms with E-state index in [4.69, 9.17) is 18.0 Å². The summed E-state index contributed by atoms with van der Waals surface area (Å²) in [6.07, 6.45) is 0.917. The van der Waals surface area contributed by atoms with Gasteiger partial charge in [0.25, 0.3) is 5.91 Å². The Morgan fingerprint density at radius 2 is 2.13 bits per heavy atom. The van der Waals surface area contributed by atoms with E-state index in [0.717, 1.165) is 6.42 Å². The molecule has 15 heavy (non-hydrogen) atoms. The van der Waals surface area contributed by atoms with E-state index in [9.17, 15) is 4.79 Å². The lowest BCUT2D eigenvalue weighted by atomic mass is 10.1. The molecular formula is C11H14N2OS. The molecule has 1 aromatic rings. The minimum Gasteiger partial charge on any atom is -0.389 e. The van der Waals surface area contributed by atoms with Gasteiger partial charge in [-0.15, -0.1) is 0 Å². The van der Waals surface area contributed by atoms with Crippen molar-refractivity contribution in [2.45, 2.75) is 13.3 Å². The highest BCUT2D eigenvalue weighted by Gasteiger charge is 2.05. The first-order valence-electron chi connectivity index (χ1n) is 4.83. The molecule has 0 bridgehead atoms. The van der Waals surface area contributed by atoms with Crippen LogP contribution >= 0.6 is 12.2 Å². The number of carbonyl (C=O) groups excluding carboxylic acids is 1. The van der Waals surface area contributed by atoms with Crippen LogP contribution in [0.4, 0.5) is 0 Å². The second-order valence-corrected chi connectivity index (χ2v) is 3.64. The van der Waals surface area contributed by atoms with E-state index >= 15 is 0 Å². The van der Waals surface area contributed by atoms with Crippen molar-refractivity contribution in [2.24, 2.45) is 5.73 Å². The van der Waals surface area contributed by atoms with Gasteiger partial charge in [-0.3, -0.25) is 4.79 Å². The van der Waals surface area contributed by atoms with Crippen molar-refractivity contribution in [1.29, 1.82) is 0 Å². The number of rotatable bonds is 4. The molecule has 3 nitrogen and oxygen atoms in total. The van der Waals surface area contributed by atoms with E-state index in [-0.39, 0.29) is 5.91 Å². The lowest BCUT2D eigenvalue weighted by Crippen LogP contribution is -2.24. The molecule has 80 valence electrons. The van der Waals surface area contributed by atoms with Gasteiger partial charge in [0.1, 0.15) is 4.99 Å². The summed E-state index contributed by atoms with van der Waals surface area (Å²) < 4.78 is 0. The Balaban J connectivity index is 2.81. The van der Waals surface area contributed by atoms with Gasteiger partial charge in [0.15, 0.2) is 0 Å². The van der Waals surface area contributed by atoms with E-state index in [0.29, 0.717) is 22.7 Å². The molecular weight excluding hydrogens is 208 g/mol. The van der Waals surface area contributed by atoms with E-state index in [2.05, 4.69) is 5.32 Å². The zero-order valence-electron chi connectivity index (χ0n) is 8.62. The van der Waals surface area contributed by atoms with Crippen molar-refractivity contribution >= 4 is 23.1 Å². The predicted molar refractivity (Wildman–Crippen MR) is 65.0 cm³/mol. The third-order valence-corrected chi connectivity index (χ3v) is 2.18. The average Bonchev–Trinajstić information content (AvgIpc) is 2.26. The van der Waals surface area contributed by atoms with E-state index in [1.165, 1.54) is 0 Å². The Morgan fingerprint density at radius 1 is 1.47 bits per heavy atom. The second-order valence-electron chi connectivity index (χ2n) is 3.20. The molecule has 3 N–H and O–H groups in total. The zero-order valence-corrected chi connectivity index (χ0v) is 9.43. The van der Waals surface area contributed by atoms with Crippen LogP contribution in [0.25, 0.3) is 0 Å². The normalized spacial score (nSPS) is 9.67. The number of benzene rings is 1. The summed E-state index contributed by atoms with van der Waals surface area (Å²) in [4.78, 5) is 11.9. The van der Waals surface area contributed by atoms with Gasteiger partial charge in [-0.05, 0) is 18.6 Å². The number of hydrogen-bond acceptors (Lipinski definition) is 2. The van der Waals surface area contributed by atoms with Crippen LogP contribution in [0.15, 0.2) is 24.3 Å². The highest BCUT2D eigenvalue weighted by molar-refractivity contribution is 7.80. The third-order valence-electron chi connectivity index (χ3n) is 1.94. The minimum absolute atomic E-state index is 0.0880. The van der Waals surface area contributed by atoms with Gasteiger partial charge in [-0.2, -0.15) is 0 Å². The Labute approximate surface area is 94.7 Å². The topological polar surface area (TPSA) is 55.1 Å². The first kappa shape index (κ1) is 11.7. The molecule has 0 aliphatic heterocycles. The number of hydrogen-bond donors (Lipinski definition) is 2. The molecule has 1 rings (SSSR count). The van der Waals surface area contributed by atoms with Crippen molar-refractivity contribution in [3.63, 3.8) is 0 Å². The molecule has 0 aliphatic rings. The fraction of sp³-hybridized carbons (Fsp3) is 0.273. The van der Waals surface area contributed by atoms with Crippen molar-refractivity contribution in [1.82, 2.24) is 5.32 Å². The van der Waals surface area contributed by atoms with E-state index in [1.807, 2.05) is 6.92 Å². The summed E-state index contributed by atoms with van der Waals surface area (Å²) in [5.41, 5.74) is 6.79. The molecule has 0 aliphatic carbocycles. The summed E-state index contributed by atoms with van der Waals surface area (Å²) in [5, 5.41) is 2.79. The average molecular weight is 222 g/mol. The SMILES string of the molecule is CCCNC(=O)c1cccc(C(N)=S)c1. The number of thiocarbonyl (C=S) groups is 1. The van der Waals surface area contributed by atoms with Crippen molar-refractivity contribution in [3.8, 4) is 0 Å². The highest BCUT2D eigenvalue weighted by atomic mass is 32.1. The van der Waals surface area contributed by atoms with Crippen LogP contribution in [0, 0.1) is 0 Å². The smallest absolute Gasteiger partial charge is 0.251 e. The maximum Gasteiger partial charge on any atom is 0.251 e. The van der Waals surface area contributed by atoms with Gasteiger partial charge in [0.05, 0.1) is 0 Å². The second kappa shape index (κ2) is 5.46. The monoisotopic (exact) mass is 222 g/mol. The molecule has 1 amide bonds. The molecule has 1 aromatic carbocycles. The summed E-state index contributed by atoms with van der Waals surface area (Å²) in [5.74, 6) is -0.0880. The first-order valence-corrected chi connectivity index (χ1v) is 5.24. The lowest BCUT2D eigenvalue weighted by molar-refractivity contribution is 0.0953. The molecule has 0 saturated carbocycles. The highest BCUT2D eigenvalue weighted by Crippen LogP contribution is 2.05. The van der Waals surface area contributed by atoms with Crippen molar-refractivity contribution in [2.75, 3.05) is 6.54 Å². The van der Waals surface area contributed by atoms with Crippen LogP contribution in [-0.2, 0) is 0 Å². The van der Waals surface area contributed by atoms with Gasteiger partial charge >= 0.3 is 0 Å². The Morgan fingerprint density at radius 3 is 2.73 bits per heavy atom. The lowest BCUT2D eigenvalue weighted by Gasteiger charge is -2.04. The molecule has 0 radical (unpaired) electrons. The van der Waals surface area contributed by atoms with Crippen molar-refractivity contribution in [3.05, 3.63) is 35.4 Å². The molecule has 0 heterocycles. The van der Waals surface area contributed by atoms with Gasteiger partial charge in [0.2, 0.25) is 0 Å². The number of amides is 1. The summed E-state index contributed by atoms with van der Waals surface area (Å²) in [7, 11) is 0. The van der Waals surface area contributed by atoms with E-state index in [1.54, 1.807) is 24.3 Å². The van der Waals surface area contributed by atoms with Crippen LogP contribution < -0.4 is 11.1 Å². The Bertz CT molecular complexity index is 377. The first-order chi connectivity index (χ1) is 7.15. The fourth-order valence-electron chi connectivity index (χ4n) is 1.15. The minimum atomic E-state index is -0.0880. The van der Waals surface area contributed by atoms with Crippen LogP contribution in [0.3, 0.4) is 0 Å². The van der Waals surface area contributed by atoms with Crippen LogP contribution in [0.2, 0.25) is 0 Å². The molecule has 0 unspecified atom stereocenters.